The number of carbonyl (C=O) groups excluding carboxylic acids is 2. The van der Waals surface area contributed by atoms with Crippen molar-refractivity contribution in [2.75, 3.05) is 23.4 Å². The van der Waals surface area contributed by atoms with Gasteiger partial charge in [-0.3, -0.25) is 9.69 Å². The van der Waals surface area contributed by atoms with Crippen LogP contribution in [0.15, 0.2) is 42.5 Å². The molecule has 0 aliphatic carbocycles. The van der Waals surface area contributed by atoms with Gasteiger partial charge in [0.1, 0.15) is 12.4 Å². The molecule has 0 atom stereocenters. The summed E-state index contributed by atoms with van der Waals surface area (Å²) >= 11 is 5.67. The van der Waals surface area contributed by atoms with E-state index >= 15 is 0 Å². The molecule has 5 nitrogen and oxygen atoms in total. The van der Waals surface area contributed by atoms with Crippen molar-refractivity contribution in [3.8, 4) is 0 Å². The van der Waals surface area contributed by atoms with Crippen LogP contribution in [0, 0.1) is 5.82 Å². The van der Waals surface area contributed by atoms with E-state index in [9.17, 15) is 14.0 Å². The van der Waals surface area contributed by atoms with Gasteiger partial charge in [0.15, 0.2) is 0 Å². The number of benzene rings is 2. The fraction of sp³-hybridized carbons (Fsp3) is 0.125. The molecule has 23 heavy (non-hydrogen) atoms. The summed E-state index contributed by atoms with van der Waals surface area (Å²) < 4.78 is 18.6. The highest BCUT2D eigenvalue weighted by Crippen LogP contribution is 2.23. The second kappa shape index (κ2) is 6.26. The maximum atomic E-state index is 13.8. The van der Waals surface area contributed by atoms with Crippen LogP contribution in [0.25, 0.3) is 0 Å². The lowest BCUT2D eigenvalue weighted by Gasteiger charge is -2.14. The Morgan fingerprint density at radius 3 is 2.78 bits per heavy atom. The highest BCUT2D eigenvalue weighted by Gasteiger charge is 2.23. The van der Waals surface area contributed by atoms with Crippen LogP contribution < -0.4 is 10.2 Å². The van der Waals surface area contributed by atoms with Gasteiger partial charge in [-0.25, -0.2) is 9.18 Å². The Kier molecular flexibility index (Phi) is 4.16. The summed E-state index contributed by atoms with van der Waals surface area (Å²) in [5.74, 6) is -1.30. The number of ether oxygens (including phenoxy) is 1. The number of hydrogen-bond donors (Lipinski definition) is 1. The third kappa shape index (κ3) is 3.27. The summed E-state index contributed by atoms with van der Waals surface area (Å²) in [6.07, 6.45) is -0.433. The first-order valence-electron chi connectivity index (χ1n) is 6.85. The van der Waals surface area contributed by atoms with Gasteiger partial charge in [0.2, 0.25) is 0 Å². The largest absolute Gasteiger partial charge is 0.447 e. The molecule has 1 aliphatic heterocycles. The first-order chi connectivity index (χ1) is 11.0. The molecule has 0 aromatic heterocycles. The van der Waals surface area contributed by atoms with E-state index in [1.54, 1.807) is 24.3 Å². The lowest BCUT2D eigenvalue weighted by molar-refractivity contribution is 0.102. The van der Waals surface area contributed by atoms with Gasteiger partial charge < -0.3 is 10.1 Å². The van der Waals surface area contributed by atoms with Crippen LogP contribution in [0.3, 0.4) is 0 Å². The van der Waals surface area contributed by atoms with Gasteiger partial charge in [-0.2, -0.15) is 0 Å². The number of carbonyl (C=O) groups is 2. The number of nitrogens with zero attached hydrogens (tertiary/aromatic N) is 1. The maximum absolute atomic E-state index is 13.8. The molecule has 1 heterocycles. The van der Waals surface area contributed by atoms with Crippen molar-refractivity contribution in [1.29, 1.82) is 0 Å². The van der Waals surface area contributed by atoms with Gasteiger partial charge in [-0.15, -0.1) is 0 Å². The topological polar surface area (TPSA) is 58.6 Å². The van der Waals surface area contributed by atoms with Crippen LogP contribution in [-0.2, 0) is 4.74 Å². The highest BCUT2D eigenvalue weighted by atomic mass is 35.5. The summed E-state index contributed by atoms with van der Waals surface area (Å²) in [5.41, 5.74) is 0.934. The number of halogens is 2. The standard InChI is InChI=1S/C16H12ClFN2O3/c17-10-4-5-13(14(18)8-10)15(21)19-11-2-1-3-12(9-11)20-6-7-23-16(20)22/h1-5,8-9H,6-7H2,(H,19,21). The zero-order chi connectivity index (χ0) is 16.4. The molecule has 1 N–H and O–H groups in total. The smallest absolute Gasteiger partial charge is 0.414 e. The van der Waals surface area contributed by atoms with E-state index in [2.05, 4.69) is 5.32 Å². The van der Waals surface area contributed by atoms with Gasteiger partial charge in [-0.1, -0.05) is 17.7 Å². The molecule has 0 spiro atoms. The SMILES string of the molecule is O=C(Nc1cccc(N2CCOC2=O)c1)c1ccc(Cl)cc1F. The van der Waals surface area contributed by atoms with Gasteiger partial charge in [-0.05, 0) is 36.4 Å². The molecule has 1 fully saturated rings. The van der Waals surface area contributed by atoms with Crippen molar-refractivity contribution in [3.63, 3.8) is 0 Å². The van der Waals surface area contributed by atoms with Crippen LogP contribution in [-0.4, -0.2) is 25.2 Å². The molecule has 2 aromatic rings. The fourth-order valence-electron chi connectivity index (χ4n) is 2.25. The Hall–Kier alpha value is -2.60. The number of cyclic esters (lactones) is 1. The van der Waals surface area contributed by atoms with Crippen LogP contribution >= 0.6 is 11.6 Å². The van der Waals surface area contributed by atoms with E-state index in [1.807, 2.05) is 0 Å². The van der Waals surface area contributed by atoms with Crippen LogP contribution in [0.1, 0.15) is 10.4 Å². The summed E-state index contributed by atoms with van der Waals surface area (Å²) in [6, 6.07) is 10.5. The Morgan fingerprint density at radius 2 is 2.09 bits per heavy atom. The van der Waals surface area contributed by atoms with Crippen molar-refractivity contribution < 1.29 is 18.7 Å². The minimum Gasteiger partial charge on any atom is -0.447 e. The second-order valence-corrected chi connectivity index (χ2v) is 5.33. The summed E-state index contributed by atoms with van der Waals surface area (Å²) in [6.45, 7) is 0.771. The molecule has 0 bridgehead atoms. The summed E-state index contributed by atoms with van der Waals surface area (Å²) in [7, 11) is 0. The number of rotatable bonds is 3. The molecule has 1 saturated heterocycles. The van der Waals surface area contributed by atoms with E-state index in [0.29, 0.717) is 24.5 Å². The van der Waals surface area contributed by atoms with Crippen molar-refractivity contribution >= 4 is 35.0 Å². The van der Waals surface area contributed by atoms with Gasteiger partial charge in [0, 0.05) is 16.4 Å². The molecule has 0 saturated carbocycles. The highest BCUT2D eigenvalue weighted by molar-refractivity contribution is 6.30. The Labute approximate surface area is 136 Å². The summed E-state index contributed by atoms with van der Waals surface area (Å²) in [4.78, 5) is 25.2. The maximum Gasteiger partial charge on any atom is 0.414 e. The molecule has 2 amide bonds. The van der Waals surface area contributed by atoms with Crippen LogP contribution in [0.5, 0.6) is 0 Å². The number of hydrogen-bond acceptors (Lipinski definition) is 3. The number of anilines is 2. The van der Waals surface area contributed by atoms with Crippen molar-refractivity contribution in [3.05, 3.63) is 58.9 Å². The normalized spacial score (nSPS) is 13.8. The zero-order valence-corrected chi connectivity index (χ0v) is 12.6. The number of nitrogens with one attached hydrogen (secondary N) is 1. The average Bonchev–Trinajstić information content (AvgIpc) is 2.93. The third-order valence-corrected chi connectivity index (χ3v) is 3.59. The van der Waals surface area contributed by atoms with E-state index < -0.39 is 17.8 Å². The lowest BCUT2D eigenvalue weighted by Crippen LogP contribution is -2.23. The number of amides is 2. The lowest BCUT2D eigenvalue weighted by atomic mass is 10.2. The molecule has 7 heteroatoms. The van der Waals surface area contributed by atoms with Crippen molar-refractivity contribution in [1.82, 2.24) is 0 Å². The minimum absolute atomic E-state index is 0.111. The predicted molar refractivity (Wildman–Crippen MR) is 84.5 cm³/mol. The van der Waals surface area contributed by atoms with Crippen LogP contribution in [0.4, 0.5) is 20.6 Å². The molecule has 3 rings (SSSR count). The molecule has 0 radical (unpaired) electrons. The Bertz CT molecular complexity index is 782. The average molecular weight is 335 g/mol. The molecule has 0 unspecified atom stereocenters. The molecular formula is C16H12ClFN2O3. The second-order valence-electron chi connectivity index (χ2n) is 4.89. The van der Waals surface area contributed by atoms with Gasteiger partial charge in [0.05, 0.1) is 12.1 Å². The fourth-order valence-corrected chi connectivity index (χ4v) is 2.41. The molecule has 118 valence electrons. The van der Waals surface area contributed by atoms with E-state index in [4.69, 9.17) is 16.3 Å². The minimum atomic E-state index is -0.700. The molecular weight excluding hydrogens is 323 g/mol. The first kappa shape index (κ1) is 15.3. The van der Waals surface area contributed by atoms with Crippen LogP contribution in [0.2, 0.25) is 5.02 Å². The molecule has 1 aliphatic rings. The Balaban J connectivity index is 1.80. The van der Waals surface area contributed by atoms with Crippen molar-refractivity contribution in [2.24, 2.45) is 0 Å². The quantitative estimate of drug-likeness (QED) is 0.931. The Morgan fingerprint density at radius 1 is 1.26 bits per heavy atom. The first-order valence-corrected chi connectivity index (χ1v) is 7.23. The summed E-state index contributed by atoms with van der Waals surface area (Å²) in [5, 5.41) is 2.81. The van der Waals surface area contributed by atoms with E-state index in [-0.39, 0.29) is 10.6 Å². The predicted octanol–water partition coefficient (Wildman–Crippen LogP) is 3.69. The molecule has 2 aromatic carbocycles. The third-order valence-electron chi connectivity index (χ3n) is 3.35. The van der Waals surface area contributed by atoms with E-state index in [1.165, 1.54) is 17.0 Å². The zero-order valence-electron chi connectivity index (χ0n) is 11.9. The van der Waals surface area contributed by atoms with E-state index in [0.717, 1.165) is 6.07 Å². The van der Waals surface area contributed by atoms with Gasteiger partial charge >= 0.3 is 6.09 Å². The monoisotopic (exact) mass is 334 g/mol. The van der Waals surface area contributed by atoms with Gasteiger partial charge in [0.25, 0.3) is 5.91 Å². The van der Waals surface area contributed by atoms with Crippen molar-refractivity contribution in [2.45, 2.75) is 0 Å².